The lowest BCUT2D eigenvalue weighted by Gasteiger charge is -2.37. The van der Waals surface area contributed by atoms with Crippen LogP contribution in [0.15, 0.2) is 24.3 Å². The number of carbonyl (C=O) groups excluding carboxylic acids is 2. The van der Waals surface area contributed by atoms with Crippen molar-refractivity contribution in [3.63, 3.8) is 0 Å². The summed E-state index contributed by atoms with van der Waals surface area (Å²) < 4.78 is 5.23. The van der Waals surface area contributed by atoms with Crippen molar-refractivity contribution < 1.29 is 24.2 Å². The van der Waals surface area contributed by atoms with Crippen molar-refractivity contribution in [3.8, 4) is 0 Å². The zero-order valence-corrected chi connectivity index (χ0v) is 17.2. The summed E-state index contributed by atoms with van der Waals surface area (Å²) in [5.41, 5.74) is -0.0791. The SMILES string of the molecule is CC(C)[C@H](NC(=O)OC(C)(C)C)C(=O)NC1(C(=O)O)CCc2ccccc2C1. The monoisotopic (exact) mass is 390 g/mol. The normalized spacial score (nSPS) is 20.1. The van der Waals surface area contributed by atoms with E-state index in [-0.39, 0.29) is 12.3 Å². The predicted octanol–water partition coefficient (Wildman–Crippen LogP) is 2.66. The van der Waals surface area contributed by atoms with Gasteiger partial charge >= 0.3 is 12.1 Å². The summed E-state index contributed by atoms with van der Waals surface area (Å²) in [6, 6.07) is 6.74. The Hall–Kier alpha value is -2.57. The number of alkyl carbamates (subject to hydrolysis) is 1. The first-order valence-corrected chi connectivity index (χ1v) is 9.55. The first-order valence-electron chi connectivity index (χ1n) is 9.55. The molecule has 7 nitrogen and oxygen atoms in total. The van der Waals surface area contributed by atoms with Crippen LogP contribution in [-0.4, -0.2) is 40.3 Å². The van der Waals surface area contributed by atoms with Gasteiger partial charge in [0.1, 0.15) is 17.2 Å². The number of nitrogens with one attached hydrogen (secondary N) is 2. The fourth-order valence-corrected chi connectivity index (χ4v) is 3.36. The second kappa shape index (κ2) is 8.20. The average molecular weight is 390 g/mol. The lowest BCUT2D eigenvalue weighted by atomic mass is 9.77. The zero-order valence-electron chi connectivity index (χ0n) is 17.2. The number of carbonyl (C=O) groups is 3. The number of benzene rings is 1. The van der Waals surface area contributed by atoms with E-state index < -0.39 is 35.2 Å². The highest BCUT2D eigenvalue weighted by Crippen LogP contribution is 2.29. The van der Waals surface area contributed by atoms with Crippen molar-refractivity contribution in [3.05, 3.63) is 35.4 Å². The Morgan fingerprint density at radius 1 is 1.14 bits per heavy atom. The van der Waals surface area contributed by atoms with E-state index in [0.29, 0.717) is 12.8 Å². The van der Waals surface area contributed by atoms with Gasteiger partial charge in [-0.05, 0) is 50.7 Å². The van der Waals surface area contributed by atoms with Gasteiger partial charge in [0.2, 0.25) is 5.91 Å². The second-order valence-electron chi connectivity index (χ2n) is 8.69. The van der Waals surface area contributed by atoms with Gasteiger partial charge in [0.25, 0.3) is 0 Å². The molecular formula is C21H30N2O5. The smallest absolute Gasteiger partial charge is 0.408 e. The first-order chi connectivity index (χ1) is 12.9. The molecule has 3 N–H and O–H groups in total. The van der Waals surface area contributed by atoms with E-state index in [0.717, 1.165) is 11.1 Å². The molecule has 7 heteroatoms. The Morgan fingerprint density at radius 2 is 1.75 bits per heavy atom. The molecule has 2 amide bonds. The number of aliphatic carboxylic acids is 1. The van der Waals surface area contributed by atoms with Gasteiger partial charge in [-0.1, -0.05) is 38.1 Å². The molecule has 2 rings (SSSR count). The molecular weight excluding hydrogens is 360 g/mol. The largest absolute Gasteiger partial charge is 0.479 e. The van der Waals surface area contributed by atoms with Gasteiger partial charge in [-0.25, -0.2) is 9.59 Å². The first kappa shape index (κ1) is 21.7. The summed E-state index contributed by atoms with van der Waals surface area (Å²) >= 11 is 0. The van der Waals surface area contributed by atoms with E-state index in [9.17, 15) is 19.5 Å². The van der Waals surface area contributed by atoms with E-state index in [1.807, 2.05) is 24.3 Å². The van der Waals surface area contributed by atoms with Crippen LogP contribution in [0.2, 0.25) is 0 Å². The van der Waals surface area contributed by atoms with Crippen molar-refractivity contribution in [2.75, 3.05) is 0 Å². The molecule has 2 atom stereocenters. The van der Waals surface area contributed by atoms with E-state index in [4.69, 9.17) is 4.74 Å². The summed E-state index contributed by atoms with van der Waals surface area (Å²) in [6.45, 7) is 8.76. The van der Waals surface area contributed by atoms with Gasteiger partial charge in [0.05, 0.1) is 0 Å². The Bertz CT molecular complexity index is 753. The minimum absolute atomic E-state index is 0.210. The number of rotatable bonds is 5. The van der Waals surface area contributed by atoms with Crippen molar-refractivity contribution >= 4 is 18.0 Å². The van der Waals surface area contributed by atoms with Crippen LogP contribution in [0.25, 0.3) is 0 Å². The third-order valence-corrected chi connectivity index (χ3v) is 4.82. The molecule has 28 heavy (non-hydrogen) atoms. The molecule has 1 aromatic carbocycles. The molecule has 0 bridgehead atoms. The number of fused-ring (bicyclic) bond motifs is 1. The molecule has 154 valence electrons. The molecule has 0 fully saturated rings. The molecule has 1 aliphatic rings. The fraction of sp³-hybridized carbons (Fsp3) is 0.571. The molecule has 1 aliphatic carbocycles. The van der Waals surface area contributed by atoms with Gasteiger partial charge in [-0.3, -0.25) is 4.79 Å². The lowest BCUT2D eigenvalue weighted by molar-refractivity contribution is -0.148. The van der Waals surface area contributed by atoms with E-state index in [2.05, 4.69) is 10.6 Å². The highest BCUT2D eigenvalue weighted by molar-refractivity contribution is 5.92. The van der Waals surface area contributed by atoms with Crippen LogP contribution in [0.5, 0.6) is 0 Å². The van der Waals surface area contributed by atoms with E-state index in [1.54, 1.807) is 34.6 Å². The summed E-state index contributed by atoms with van der Waals surface area (Å²) in [4.78, 5) is 37.1. The van der Waals surface area contributed by atoms with Crippen LogP contribution in [0.1, 0.15) is 52.2 Å². The number of carboxylic acids is 1. The minimum Gasteiger partial charge on any atom is -0.479 e. The highest BCUT2D eigenvalue weighted by atomic mass is 16.6. The topological polar surface area (TPSA) is 105 Å². The standard InChI is InChI=1S/C21H30N2O5/c1-13(2)16(22-19(27)28-20(3,4)5)17(24)23-21(18(25)26)11-10-14-8-6-7-9-15(14)12-21/h6-9,13,16H,10-12H2,1-5H3,(H,22,27)(H,23,24)(H,25,26)/t16-,21?/m0/s1. The molecule has 1 aromatic rings. The summed E-state index contributed by atoms with van der Waals surface area (Å²) in [5, 5.41) is 15.2. The average Bonchev–Trinajstić information content (AvgIpc) is 2.57. The lowest BCUT2D eigenvalue weighted by Crippen LogP contribution is -2.62. The summed E-state index contributed by atoms with van der Waals surface area (Å²) in [6.07, 6.45) is 0.359. The Balaban J connectivity index is 2.18. The molecule has 0 radical (unpaired) electrons. The van der Waals surface area contributed by atoms with Crippen molar-refractivity contribution in [2.24, 2.45) is 5.92 Å². The Morgan fingerprint density at radius 3 is 2.29 bits per heavy atom. The fourth-order valence-electron chi connectivity index (χ4n) is 3.36. The van der Waals surface area contributed by atoms with Crippen LogP contribution in [-0.2, 0) is 27.2 Å². The molecule has 0 aromatic heterocycles. The third-order valence-electron chi connectivity index (χ3n) is 4.82. The van der Waals surface area contributed by atoms with Crippen molar-refractivity contribution in [2.45, 2.75) is 71.1 Å². The van der Waals surface area contributed by atoms with Crippen molar-refractivity contribution in [1.82, 2.24) is 10.6 Å². The molecule has 0 aliphatic heterocycles. The number of hydrogen-bond acceptors (Lipinski definition) is 4. The maximum absolute atomic E-state index is 12.9. The second-order valence-corrected chi connectivity index (χ2v) is 8.69. The maximum atomic E-state index is 12.9. The summed E-state index contributed by atoms with van der Waals surface area (Å²) in [7, 11) is 0. The van der Waals surface area contributed by atoms with Crippen LogP contribution in [0.4, 0.5) is 4.79 Å². The maximum Gasteiger partial charge on any atom is 0.408 e. The van der Waals surface area contributed by atoms with Gasteiger partial charge in [0, 0.05) is 6.42 Å². The minimum atomic E-state index is -1.39. The van der Waals surface area contributed by atoms with Gasteiger partial charge in [-0.2, -0.15) is 0 Å². The van der Waals surface area contributed by atoms with Crippen LogP contribution < -0.4 is 10.6 Å². The van der Waals surface area contributed by atoms with E-state index in [1.165, 1.54) is 0 Å². The Kier molecular flexibility index (Phi) is 6.37. The number of aryl methyl sites for hydroxylation is 1. The quantitative estimate of drug-likeness (QED) is 0.717. The number of amides is 2. The number of hydrogen-bond donors (Lipinski definition) is 3. The van der Waals surface area contributed by atoms with Crippen LogP contribution in [0, 0.1) is 5.92 Å². The van der Waals surface area contributed by atoms with Crippen LogP contribution in [0.3, 0.4) is 0 Å². The van der Waals surface area contributed by atoms with Gasteiger partial charge < -0.3 is 20.5 Å². The van der Waals surface area contributed by atoms with Crippen molar-refractivity contribution in [1.29, 1.82) is 0 Å². The molecule has 0 heterocycles. The molecule has 0 saturated heterocycles. The molecule has 0 saturated carbocycles. The number of carboxylic acid groups (broad SMARTS) is 1. The van der Waals surface area contributed by atoms with Gasteiger partial charge in [0.15, 0.2) is 0 Å². The Labute approximate surface area is 165 Å². The predicted molar refractivity (Wildman–Crippen MR) is 105 cm³/mol. The van der Waals surface area contributed by atoms with E-state index >= 15 is 0 Å². The third kappa shape index (κ3) is 5.24. The summed E-state index contributed by atoms with van der Waals surface area (Å²) in [5.74, 6) is -1.84. The highest BCUT2D eigenvalue weighted by Gasteiger charge is 2.44. The number of ether oxygens (including phenoxy) is 1. The van der Waals surface area contributed by atoms with Crippen LogP contribution >= 0.6 is 0 Å². The molecule has 1 unspecified atom stereocenters. The van der Waals surface area contributed by atoms with Gasteiger partial charge in [-0.15, -0.1) is 0 Å². The molecule has 0 spiro atoms. The zero-order chi connectivity index (χ0) is 21.1.